The Morgan fingerprint density at radius 3 is 2.80 bits per heavy atom. The van der Waals surface area contributed by atoms with Gasteiger partial charge in [0.1, 0.15) is 6.61 Å². The van der Waals surface area contributed by atoms with Gasteiger partial charge in [-0.25, -0.2) is 0 Å². The largest absolute Gasteiger partial charge is 0.369 e. The summed E-state index contributed by atoms with van der Waals surface area (Å²) < 4.78 is 5.01. The number of rotatable bonds is 4. The molecule has 0 N–H and O–H groups in total. The van der Waals surface area contributed by atoms with Gasteiger partial charge in [-0.15, -0.1) is 17.5 Å². The molecular formula is C8H13ClO. The highest BCUT2D eigenvalue weighted by atomic mass is 35.5. The fourth-order valence-corrected chi connectivity index (χ4v) is 0.581. The number of ether oxygens (including phenoxy) is 1. The fourth-order valence-electron chi connectivity index (χ4n) is 0.448. The molecule has 0 heterocycles. The van der Waals surface area contributed by atoms with Crippen molar-refractivity contribution in [3.63, 3.8) is 0 Å². The highest BCUT2D eigenvalue weighted by molar-refractivity contribution is 6.17. The van der Waals surface area contributed by atoms with Crippen molar-refractivity contribution in [2.75, 3.05) is 19.1 Å². The predicted molar refractivity (Wildman–Crippen MR) is 44.2 cm³/mol. The molecule has 2 heteroatoms. The summed E-state index contributed by atoms with van der Waals surface area (Å²) in [6.07, 6.45) is 1.86. The Hall–Kier alpha value is -0.190. The van der Waals surface area contributed by atoms with E-state index in [9.17, 15) is 0 Å². The van der Waals surface area contributed by atoms with E-state index in [1.54, 1.807) is 0 Å². The molecule has 10 heavy (non-hydrogen) atoms. The molecule has 0 aliphatic heterocycles. The SMILES string of the molecule is CCOCC#CCCCCl. The van der Waals surface area contributed by atoms with E-state index >= 15 is 0 Å². The Kier molecular flexibility index (Phi) is 8.64. The molecule has 0 unspecified atom stereocenters. The number of hydrogen-bond donors (Lipinski definition) is 0. The van der Waals surface area contributed by atoms with Gasteiger partial charge in [-0.2, -0.15) is 0 Å². The second kappa shape index (κ2) is 8.81. The quantitative estimate of drug-likeness (QED) is 0.348. The minimum atomic E-state index is 0.554. The van der Waals surface area contributed by atoms with E-state index in [0.29, 0.717) is 12.5 Å². The molecule has 0 aliphatic carbocycles. The Labute approximate surface area is 67.7 Å². The van der Waals surface area contributed by atoms with Crippen molar-refractivity contribution in [3.05, 3.63) is 0 Å². The van der Waals surface area contributed by atoms with E-state index in [2.05, 4.69) is 11.8 Å². The van der Waals surface area contributed by atoms with Crippen LogP contribution >= 0.6 is 11.6 Å². The number of hydrogen-bond acceptors (Lipinski definition) is 1. The smallest absolute Gasteiger partial charge is 0.107 e. The average molecular weight is 161 g/mol. The molecule has 0 aliphatic rings. The maximum atomic E-state index is 5.44. The highest BCUT2D eigenvalue weighted by Crippen LogP contribution is 1.88. The molecule has 0 aromatic carbocycles. The molecule has 0 amide bonds. The van der Waals surface area contributed by atoms with E-state index < -0.39 is 0 Å². The van der Waals surface area contributed by atoms with Crippen molar-refractivity contribution in [2.45, 2.75) is 19.8 Å². The van der Waals surface area contributed by atoms with Crippen molar-refractivity contribution in [1.29, 1.82) is 0 Å². The van der Waals surface area contributed by atoms with E-state index in [0.717, 1.165) is 19.4 Å². The minimum absolute atomic E-state index is 0.554. The summed E-state index contributed by atoms with van der Waals surface area (Å²) >= 11 is 5.44. The Morgan fingerprint density at radius 1 is 1.40 bits per heavy atom. The molecule has 0 saturated carbocycles. The third-order valence-corrected chi connectivity index (χ3v) is 1.21. The van der Waals surface area contributed by atoms with Gasteiger partial charge in [0.25, 0.3) is 0 Å². The molecule has 0 aromatic rings. The lowest BCUT2D eigenvalue weighted by Crippen LogP contribution is -1.88. The lowest BCUT2D eigenvalue weighted by Gasteiger charge is -1.88. The van der Waals surface area contributed by atoms with E-state index in [1.165, 1.54) is 0 Å². The first-order valence-electron chi connectivity index (χ1n) is 3.51. The molecular weight excluding hydrogens is 148 g/mol. The normalized spacial score (nSPS) is 8.60. The molecule has 0 atom stereocenters. The van der Waals surface area contributed by atoms with Crippen LogP contribution in [0.15, 0.2) is 0 Å². The van der Waals surface area contributed by atoms with E-state index in [-0.39, 0.29) is 0 Å². The summed E-state index contributed by atoms with van der Waals surface area (Å²) in [5.41, 5.74) is 0. The number of halogens is 1. The van der Waals surface area contributed by atoms with Crippen LogP contribution < -0.4 is 0 Å². The maximum Gasteiger partial charge on any atom is 0.107 e. The molecule has 58 valence electrons. The lowest BCUT2D eigenvalue weighted by molar-refractivity contribution is 0.182. The first kappa shape index (κ1) is 9.81. The van der Waals surface area contributed by atoms with Gasteiger partial charge in [-0.3, -0.25) is 0 Å². The summed E-state index contributed by atoms with van der Waals surface area (Å²) in [6.45, 7) is 3.25. The fraction of sp³-hybridized carbons (Fsp3) is 0.750. The molecule has 0 rings (SSSR count). The third-order valence-electron chi connectivity index (χ3n) is 0.939. The summed E-state index contributed by atoms with van der Waals surface area (Å²) in [4.78, 5) is 0. The van der Waals surface area contributed by atoms with Crippen LogP contribution in [0.2, 0.25) is 0 Å². The zero-order valence-corrected chi connectivity index (χ0v) is 7.08. The topological polar surface area (TPSA) is 9.23 Å². The number of alkyl halides is 1. The monoisotopic (exact) mass is 160 g/mol. The van der Waals surface area contributed by atoms with Crippen LogP contribution in [0.1, 0.15) is 19.8 Å². The minimum Gasteiger partial charge on any atom is -0.369 e. The van der Waals surface area contributed by atoms with Gasteiger partial charge >= 0.3 is 0 Å². The first-order chi connectivity index (χ1) is 4.91. The molecule has 0 aromatic heterocycles. The van der Waals surface area contributed by atoms with Crippen molar-refractivity contribution in [1.82, 2.24) is 0 Å². The van der Waals surface area contributed by atoms with Crippen LogP contribution in [-0.4, -0.2) is 19.1 Å². The van der Waals surface area contributed by atoms with Gasteiger partial charge < -0.3 is 4.74 Å². The molecule has 0 fully saturated rings. The summed E-state index contributed by atoms with van der Waals surface area (Å²) in [5, 5.41) is 0. The molecule has 0 radical (unpaired) electrons. The third kappa shape index (κ3) is 7.81. The zero-order valence-electron chi connectivity index (χ0n) is 6.32. The van der Waals surface area contributed by atoms with Crippen molar-refractivity contribution in [3.8, 4) is 11.8 Å². The maximum absolute atomic E-state index is 5.44. The van der Waals surface area contributed by atoms with Crippen LogP contribution in [0.25, 0.3) is 0 Å². The molecule has 0 spiro atoms. The molecule has 1 nitrogen and oxygen atoms in total. The standard InChI is InChI=1S/C8H13ClO/c1-2-10-8-6-4-3-5-7-9/h2-3,5,7-8H2,1H3. The Bertz CT molecular complexity index is 100. The highest BCUT2D eigenvalue weighted by Gasteiger charge is 1.77. The van der Waals surface area contributed by atoms with Crippen molar-refractivity contribution in [2.24, 2.45) is 0 Å². The van der Waals surface area contributed by atoms with Crippen LogP contribution in [-0.2, 0) is 4.74 Å². The van der Waals surface area contributed by atoms with E-state index in [1.807, 2.05) is 6.92 Å². The molecule has 0 bridgehead atoms. The zero-order chi connectivity index (χ0) is 7.66. The van der Waals surface area contributed by atoms with Gasteiger partial charge in [-0.05, 0) is 13.3 Å². The van der Waals surface area contributed by atoms with Crippen LogP contribution in [0, 0.1) is 11.8 Å². The summed E-state index contributed by atoms with van der Waals surface area (Å²) in [5.74, 6) is 6.55. The van der Waals surface area contributed by atoms with Crippen LogP contribution in [0.5, 0.6) is 0 Å². The molecule has 0 saturated heterocycles. The second-order valence-electron chi connectivity index (χ2n) is 1.78. The van der Waals surface area contributed by atoms with Crippen LogP contribution in [0.4, 0.5) is 0 Å². The van der Waals surface area contributed by atoms with Gasteiger partial charge in [-0.1, -0.05) is 5.92 Å². The van der Waals surface area contributed by atoms with Crippen LogP contribution in [0.3, 0.4) is 0 Å². The average Bonchev–Trinajstić information content (AvgIpc) is 1.97. The van der Waals surface area contributed by atoms with E-state index in [4.69, 9.17) is 16.3 Å². The van der Waals surface area contributed by atoms with Gasteiger partial charge in [0, 0.05) is 18.9 Å². The first-order valence-corrected chi connectivity index (χ1v) is 4.04. The second-order valence-corrected chi connectivity index (χ2v) is 2.16. The Balaban J connectivity index is 2.98. The number of unbranched alkanes of at least 4 members (excludes halogenated alkanes) is 1. The predicted octanol–water partition coefficient (Wildman–Crippen LogP) is 2.05. The Morgan fingerprint density at radius 2 is 2.20 bits per heavy atom. The van der Waals surface area contributed by atoms with Crippen molar-refractivity contribution < 1.29 is 4.74 Å². The summed E-state index contributed by atoms with van der Waals surface area (Å²) in [6, 6.07) is 0. The van der Waals surface area contributed by atoms with Gasteiger partial charge in [0.15, 0.2) is 0 Å². The lowest BCUT2D eigenvalue weighted by atomic mass is 10.3. The van der Waals surface area contributed by atoms with Gasteiger partial charge in [0.2, 0.25) is 0 Å². The van der Waals surface area contributed by atoms with Crippen molar-refractivity contribution >= 4 is 11.6 Å². The summed E-state index contributed by atoms with van der Waals surface area (Å²) in [7, 11) is 0. The van der Waals surface area contributed by atoms with Gasteiger partial charge in [0.05, 0.1) is 0 Å².